The Bertz CT molecular complexity index is 1730. The third-order valence-electron chi connectivity index (χ3n) is 10.5. The monoisotopic (exact) mass is 630 g/mol. The normalized spacial score (nSPS) is 23.1. The molecule has 0 spiro atoms. The van der Waals surface area contributed by atoms with Crippen LogP contribution < -0.4 is 0 Å². The molecule has 0 heterocycles. The van der Waals surface area contributed by atoms with Crippen LogP contribution in [0.3, 0.4) is 0 Å². The van der Waals surface area contributed by atoms with E-state index in [0.717, 1.165) is 46.9 Å². The minimum atomic E-state index is -0.611. The van der Waals surface area contributed by atoms with E-state index in [2.05, 4.69) is 36.4 Å². The van der Waals surface area contributed by atoms with E-state index in [1.54, 1.807) is 0 Å². The lowest BCUT2D eigenvalue weighted by Gasteiger charge is -2.57. The number of carbonyl (C=O) groups is 2. The van der Waals surface area contributed by atoms with Crippen LogP contribution in [0.2, 0.25) is 0 Å². The van der Waals surface area contributed by atoms with Crippen molar-refractivity contribution in [3.8, 4) is 11.1 Å². The van der Waals surface area contributed by atoms with Gasteiger partial charge in [-0.1, -0.05) is 66.7 Å². The number of esters is 1. The van der Waals surface area contributed by atoms with Gasteiger partial charge in [-0.25, -0.2) is 9.59 Å². The maximum atomic E-state index is 12.7. The molecule has 244 valence electrons. The fourth-order valence-corrected chi connectivity index (χ4v) is 8.97. The van der Waals surface area contributed by atoms with Gasteiger partial charge >= 0.3 is 12.1 Å². The van der Waals surface area contributed by atoms with E-state index < -0.39 is 11.8 Å². The van der Waals surface area contributed by atoms with Crippen LogP contribution in [0.4, 0.5) is 4.79 Å². The Balaban J connectivity index is 1.10. The fraction of sp³-hybridized carbons (Fsp3) is 0.429. The second kappa shape index (κ2) is 12.8. The predicted molar refractivity (Wildman–Crippen MR) is 185 cm³/mol. The van der Waals surface area contributed by atoms with Gasteiger partial charge < -0.3 is 14.2 Å². The maximum Gasteiger partial charge on any atom is 0.508 e. The molecule has 5 nitrogen and oxygen atoms in total. The van der Waals surface area contributed by atoms with Gasteiger partial charge in [0.2, 0.25) is 0 Å². The smallest absolute Gasteiger partial charge is 0.456 e. The van der Waals surface area contributed by atoms with Crippen LogP contribution in [0, 0.1) is 17.8 Å². The molecule has 0 aromatic heterocycles. The van der Waals surface area contributed by atoms with Gasteiger partial charge in [-0.3, -0.25) is 0 Å². The second-order valence-electron chi connectivity index (χ2n) is 15.3. The zero-order valence-electron chi connectivity index (χ0n) is 27.9. The Morgan fingerprint density at radius 1 is 0.745 bits per heavy atom. The highest BCUT2D eigenvalue weighted by molar-refractivity contribution is 5.96. The van der Waals surface area contributed by atoms with E-state index >= 15 is 0 Å². The number of ether oxygens (including phenoxy) is 3. The number of rotatable bonds is 9. The minimum absolute atomic E-state index is 0.219. The van der Waals surface area contributed by atoms with E-state index in [1.165, 1.54) is 60.8 Å². The van der Waals surface area contributed by atoms with E-state index in [9.17, 15) is 9.59 Å². The molecule has 4 aromatic rings. The summed E-state index contributed by atoms with van der Waals surface area (Å²) in [6.45, 7) is 6.22. The zero-order chi connectivity index (χ0) is 32.6. The molecule has 0 atom stereocenters. The number of aryl methyl sites for hydroxylation is 1. The third kappa shape index (κ3) is 7.10. The van der Waals surface area contributed by atoms with Crippen molar-refractivity contribution in [2.24, 2.45) is 17.8 Å². The Morgan fingerprint density at radius 3 is 2.09 bits per heavy atom. The van der Waals surface area contributed by atoms with Crippen LogP contribution in [0.5, 0.6) is 0 Å². The first-order valence-corrected chi connectivity index (χ1v) is 17.4. The molecule has 0 amide bonds. The van der Waals surface area contributed by atoms with Crippen molar-refractivity contribution in [1.29, 1.82) is 0 Å². The summed E-state index contributed by atoms with van der Waals surface area (Å²) in [7, 11) is 0. The molecule has 4 saturated carbocycles. The first-order valence-electron chi connectivity index (χ1n) is 17.4. The summed E-state index contributed by atoms with van der Waals surface area (Å²) in [5.41, 5.74) is 6.56. The standard InChI is InChI=1S/C42H46O5/c1-41(2,3)47-39(43)37-16-15-33-21-34(13-14-35(33)22-37)36-12-11-32(10-7-17-45-40(44)46-27-28-8-5-4-6-9-28)38(23-36)42-24-29-18-30(25-42)20-31(19-29)26-42/h4-6,8-9,11-16,21-23,29-31H,7,10,17-20,24-27H2,1-3H3. The summed E-state index contributed by atoms with van der Waals surface area (Å²) in [6.07, 6.45) is 9.12. The molecule has 5 heteroatoms. The first kappa shape index (κ1) is 31.5. The van der Waals surface area contributed by atoms with Crippen molar-refractivity contribution in [1.82, 2.24) is 0 Å². The number of hydrogen-bond acceptors (Lipinski definition) is 5. The SMILES string of the molecule is CC(C)(C)OC(=O)c1ccc2cc(-c3ccc(CCCOC(=O)OCc4ccccc4)c(C45CC6CC(CC(C6)C4)C5)c3)ccc2c1. The highest BCUT2D eigenvalue weighted by Gasteiger charge is 2.52. The summed E-state index contributed by atoms with van der Waals surface area (Å²) >= 11 is 0. The topological polar surface area (TPSA) is 61.8 Å². The van der Waals surface area contributed by atoms with E-state index in [0.29, 0.717) is 12.2 Å². The molecule has 8 rings (SSSR count). The minimum Gasteiger partial charge on any atom is -0.456 e. The summed E-state index contributed by atoms with van der Waals surface area (Å²) < 4.78 is 16.4. The van der Waals surface area contributed by atoms with Crippen molar-refractivity contribution in [2.45, 2.75) is 89.8 Å². The van der Waals surface area contributed by atoms with Crippen molar-refractivity contribution in [3.05, 3.63) is 107 Å². The molecular weight excluding hydrogens is 584 g/mol. The summed E-state index contributed by atoms with van der Waals surface area (Å²) in [5, 5.41) is 2.13. The van der Waals surface area contributed by atoms with Crippen molar-refractivity contribution in [2.75, 3.05) is 6.61 Å². The number of carbonyl (C=O) groups excluding carboxylic acids is 2. The van der Waals surface area contributed by atoms with Gasteiger partial charge in [0.05, 0.1) is 12.2 Å². The van der Waals surface area contributed by atoms with Crippen LogP contribution in [0.25, 0.3) is 21.9 Å². The molecule has 0 aliphatic heterocycles. The van der Waals surface area contributed by atoms with Gasteiger partial charge in [0.15, 0.2) is 0 Å². The molecule has 4 bridgehead atoms. The van der Waals surface area contributed by atoms with E-state index in [-0.39, 0.29) is 18.0 Å². The molecule has 4 aliphatic carbocycles. The highest BCUT2D eigenvalue weighted by Crippen LogP contribution is 2.61. The molecule has 47 heavy (non-hydrogen) atoms. The lowest BCUT2D eigenvalue weighted by Crippen LogP contribution is -2.49. The Labute approximate surface area is 278 Å². The third-order valence-corrected chi connectivity index (χ3v) is 10.5. The molecule has 0 unspecified atom stereocenters. The number of benzene rings is 4. The van der Waals surface area contributed by atoms with Gasteiger partial charge in [-0.2, -0.15) is 0 Å². The van der Waals surface area contributed by atoms with Crippen LogP contribution in [-0.2, 0) is 32.7 Å². The van der Waals surface area contributed by atoms with Gasteiger partial charge in [-0.05, 0) is 152 Å². The maximum absolute atomic E-state index is 12.7. The first-order chi connectivity index (χ1) is 22.6. The zero-order valence-corrected chi connectivity index (χ0v) is 27.9. The Hall–Kier alpha value is -4.12. The summed E-state index contributed by atoms with van der Waals surface area (Å²) in [5.74, 6) is 2.25. The van der Waals surface area contributed by atoms with E-state index in [4.69, 9.17) is 14.2 Å². The van der Waals surface area contributed by atoms with Gasteiger partial charge in [0, 0.05) is 0 Å². The molecule has 4 aromatic carbocycles. The van der Waals surface area contributed by atoms with Gasteiger partial charge in [0.25, 0.3) is 0 Å². The number of fused-ring (bicyclic) bond motifs is 1. The molecule has 4 fully saturated rings. The summed E-state index contributed by atoms with van der Waals surface area (Å²) in [6, 6.07) is 29.1. The quantitative estimate of drug-likeness (QED) is 0.136. The van der Waals surface area contributed by atoms with Crippen LogP contribution in [-0.4, -0.2) is 24.3 Å². The van der Waals surface area contributed by atoms with Crippen molar-refractivity contribution in [3.63, 3.8) is 0 Å². The highest BCUT2D eigenvalue weighted by atomic mass is 16.7. The van der Waals surface area contributed by atoms with E-state index in [1.807, 2.05) is 69.3 Å². The second-order valence-corrected chi connectivity index (χ2v) is 15.3. The molecule has 0 N–H and O–H groups in total. The molecule has 0 radical (unpaired) electrons. The predicted octanol–water partition coefficient (Wildman–Crippen LogP) is 10.2. The van der Waals surface area contributed by atoms with Crippen LogP contribution in [0.1, 0.15) is 92.8 Å². The molecule has 0 saturated heterocycles. The van der Waals surface area contributed by atoms with Gasteiger partial charge in [-0.15, -0.1) is 0 Å². The molecule has 4 aliphatic rings. The molecular formula is C42H46O5. The van der Waals surface area contributed by atoms with Crippen LogP contribution >= 0.6 is 0 Å². The largest absolute Gasteiger partial charge is 0.508 e. The summed E-state index contributed by atoms with van der Waals surface area (Å²) in [4.78, 5) is 24.9. The van der Waals surface area contributed by atoms with Crippen molar-refractivity contribution >= 4 is 22.9 Å². The fourth-order valence-electron chi connectivity index (χ4n) is 8.97. The lowest BCUT2D eigenvalue weighted by atomic mass is 9.47. The Kier molecular flexibility index (Phi) is 8.59. The average molecular weight is 631 g/mol. The Morgan fingerprint density at radius 2 is 1.38 bits per heavy atom. The van der Waals surface area contributed by atoms with Crippen molar-refractivity contribution < 1.29 is 23.8 Å². The average Bonchev–Trinajstić information content (AvgIpc) is 3.04. The lowest BCUT2D eigenvalue weighted by molar-refractivity contribution is -0.00563. The van der Waals surface area contributed by atoms with Gasteiger partial charge in [0.1, 0.15) is 12.2 Å². The van der Waals surface area contributed by atoms with Crippen LogP contribution in [0.15, 0.2) is 84.9 Å². The number of hydrogen-bond donors (Lipinski definition) is 0.